The number of primary amides is 2. The Balaban J connectivity index is 2.79. The number of carbonyl (C=O) groups is 2. The smallest absolute Gasteiger partial charge is 0.248 e. The summed E-state index contributed by atoms with van der Waals surface area (Å²) in [7, 11) is 1.76. The summed E-state index contributed by atoms with van der Waals surface area (Å²) in [5.41, 5.74) is 17.7. The van der Waals surface area contributed by atoms with E-state index in [4.69, 9.17) is 17.2 Å². The number of nitrogens with zero attached hydrogens (tertiary/aromatic N) is 1. The average molecular weight is 236 g/mol. The maximum atomic E-state index is 10.9. The van der Waals surface area contributed by atoms with Crippen LogP contribution >= 0.6 is 0 Å². The van der Waals surface area contributed by atoms with Crippen molar-refractivity contribution in [2.24, 2.45) is 11.5 Å². The van der Waals surface area contributed by atoms with Crippen LogP contribution in [-0.4, -0.2) is 30.3 Å². The fourth-order valence-corrected chi connectivity index (χ4v) is 1.50. The first-order valence-electron chi connectivity index (χ1n) is 5.05. The molecule has 0 aliphatic heterocycles. The molecule has 0 heterocycles. The lowest BCUT2D eigenvalue weighted by molar-refractivity contribution is -0.118. The molecular formula is C11H16N4O2. The Labute approximate surface area is 99.4 Å². The normalized spacial score (nSPS) is 10.5. The number of nitrogen functional groups attached to an aromatic ring is 1. The number of benzene rings is 1. The minimum atomic E-state index is -0.520. The van der Waals surface area contributed by atoms with Gasteiger partial charge in [0.05, 0.1) is 6.54 Å². The number of nitrogens with two attached hydrogens (primary N) is 3. The van der Waals surface area contributed by atoms with Gasteiger partial charge in [-0.15, -0.1) is 0 Å². The zero-order valence-electron chi connectivity index (χ0n) is 9.64. The van der Waals surface area contributed by atoms with Crippen LogP contribution in [0.25, 0.3) is 0 Å². The van der Waals surface area contributed by atoms with E-state index < -0.39 is 11.8 Å². The number of rotatable bonds is 5. The highest BCUT2D eigenvalue weighted by atomic mass is 16.1. The lowest BCUT2D eigenvalue weighted by Crippen LogP contribution is -2.30. The molecule has 0 radical (unpaired) electrons. The third kappa shape index (κ3) is 3.76. The van der Waals surface area contributed by atoms with Crippen LogP contribution in [0, 0.1) is 0 Å². The van der Waals surface area contributed by atoms with E-state index in [1.54, 1.807) is 24.1 Å². The Morgan fingerprint density at radius 2 is 1.94 bits per heavy atom. The summed E-state index contributed by atoms with van der Waals surface area (Å²) in [6.45, 7) is 0.630. The summed E-state index contributed by atoms with van der Waals surface area (Å²) in [6.07, 6.45) is 0. The van der Waals surface area contributed by atoms with E-state index in [0.717, 1.165) is 5.56 Å². The fourth-order valence-electron chi connectivity index (χ4n) is 1.50. The van der Waals surface area contributed by atoms with Gasteiger partial charge in [-0.25, -0.2) is 0 Å². The molecule has 1 rings (SSSR count). The maximum Gasteiger partial charge on any atom is 0.248 e. The quantitative estimate of drug-likeness (QED) is 0.585. The number of carbonyl (C=O) groups excluding carboxylic acids is 2. The molecule has 0 saturated carbocycles. The molecule has 0 unspecified atom stereocenters. The van der Waals surface area contributed by atoms with Gasteiger partial charge in [0.25, 0.3) is 0 Å². The van der Waals surface area contributed by atoms with Crippen molar-refractivity contribution in [1.29, 1.82) is 0 Å². The summed E-state index contributed by atoms with van der Waals surface area (Å²) in [6, 6.07) is 4.84. The fraction of sp³-hybridized carbons (Fsp3) is 0.273. The van der Waals surface area contributed by atoms with Crippen molar-refractivity contribution >= 4 is 17.5 Å². The van der Waals surface area contributed by atoms with E-state index in [0.29, 0.717) is 17.8 Å². The highest BCUT2D eigenvalue weighted by Crippen LogP contribution is 2.15. The van der Waals surface area contributed by atoms with Gasteiger partial charge in [0.2, 0.25) is 11.8 Å². The highest BCUT2D eigenvalue weighted by Gasteiger charge is 2.08. The third-order valence-electron chi connectivity index (χ3n) is 2.30. The van der Waals surface area contributed by atoms with Gasteiger partial charge in [-0.05, 0) is 24.7 Å². The van der Waals surface area contributed by atoms with Gasteiger partial charge in [-0.3, -0.25) is 14.5 Å². The molecule has 0 spiro atoms. The Bertz CT molecular complexity index is 445. The van der Waals surface area contributed by atoms with Crippen molar-refractivity contribution in [1.82, 2.24) is 4.90 Å². The van der Waals surface area contributed by atoms with Crippen molar-refractivity contribution in [3.63, 3.8) is 0 Å². The van der Waals surface area contributed by atoms with E-state index in [1.807, 2.05) is 0 Å². The molecule has 1 aromatic rings. The minimum absolute atomic E-state index is 0.150. The Kier molecular flexibility index (Phi) is 4.06. The molecule has 6 nitrogen and oxygen atoms in total. The van der Waals surface area contributed by atoms with E-state index in [2.05, 4.69) is 0 Å². The minimum Gasteiger partial charge on any atom is -0.398 e. The van der Waals surface area contributed by atoms with Crippen LogP contribution < -0.4 is 17.2 Å². The van der Waals surface area contributed by atoms with Crippen molar-refractivity contribution < 1.29 is 9.59 Å². The molecule has 0 aromatic heterocycles. The number of amides is 2. The first kappa shape index (κ1) is 13.0. The van der Waals surface area contributed by atoms with Crippen molar-refractivity contribution in [2.45, 2.75) is 6.54 Å². The van der Waals surface area contributed by atoms with E-state index in [9.17, 15) is 9.59 Å². The Morgan fingerprint density at radius 3 is 2.41 bits per heavy atom. The summed E-state index contributed by atoms with van der Waals surface area (Å²) in [5.74, 6) is -0.923. The number of hydrogen-bond acceptors (Lipinski definition) is 4. The van der Waals surface area contributed by atoms with Crippen LogP contribution in [0.2, 0.25) is 0 Å². The Hall–Kier alpha value is -2.08. The average Bonchev–Trinajstić information content (AvgIpc) is 2.19. The predicted molar refractivity (Wildman–Crippen MR) is 64.9 cm³/mol. The SMILES string of the molecule is CN(CC(N)=O)Cc1ccc(C(N)=O)cc1N. The molecule has 6 N–H and O–H groups in total. The lowest BCUT2D eigenvalue weighted by atomic mass is 10.1. The van der Waals surface area contributed by atoms with Gasteiger partial charge < -0.3 is 17.2 Å². The van der Waals surface area contributed by atoms with Crippen LogP contribution in [0.3, 0.4) is 0 Å². The molecule has 2 amide bonds. The van der Waals surface area contributed by atoms with Crippen molar-refractivity contribution in [2.75, 3.05) is 19.3 Å². The number of likely N-dealkylation sites (N-methyl/N-ethyl adjacent to an activating group) is 1. The molecule has 0 fully saturated rings. The number of hydrogen-bond donors (Lipinski definition) is 3. The van der Waals surface area contributed by atoms with Gasteiger partial charge in [0.1, 0.15) is 0 Å². The largest absolute Gasteiger partial charge is 0.398 e. The van der Waals surface area contributed by atoms with E-state index >= 15 is 0 Å². The van der Waals surface area contributed by atoms with Crippen LogP contribution in [-0.2, 0) is 11.3 Å². The van der Waals surface area contributed by atoms with Crippen LogP contribution in [0.15, 0.2) is 18.2 Å². The standard InChI is InChI=1S/C11H16N4O2/c1-15(6-10(13)16)5-8-3-2-7(11(14)17)4-9(8)12/h2-4H,5-6,12H2,1H3,(H2,13,16)(H2,14,17). The molecule has 6 heteroatoms. The summed E-state index contributed by atoms with van der Waals surface area (Å²) in [5, 5.41) is 0. The molecule has 92 valence electrons. The molecule has 0 atom stereocenters. The molecule has 0 aliphatic carbocycles. The zero-order valence-corrected chi connectivity index (χ0v) is 9.64. The summed E-state index contributed by atoms with van der Waals surface area (Å²) >= 11 is 0. The second kappa shape index (κ2) is 5.31. The lowest BCUT2D eigenvalue weighted by Gasteiger charge is -2.16. The van der Waals surface area contributed by atoms with Gasteiger partial charge in [-0.1, -0.05) is 6.07 Å². The van der Waals surface area contributed by atoms with E-state index in [-0.39, 0.29) is 6.54 Å². The first-order valence-corrected chi connectivity index (χ1v) is 5.05. The van der Waals surface area contributed by atoms with Crippen LogP contribution in [0.1, 0.15) is 15.9 Å². The molecule has 1 aromatic carbocycles. The van der Waals surface area contributed by atoms with Gasteiger partial charge in [0, 0.05) is 17.8 Å². The molecule has 0 bridgehead atoms. The van der Waals surface area contributed by atoms with Gasteiger partial charge in [0.15, 0.2) is 0 Å². The summed E-state index contributed by atoms with van der Waals surface area (Å²) < 4.78 is 0. The van der Waals surface area contributed by atoms with Crippen molar-refractivity contribution in [3.05, 3.63) is 29.3 Å². The summed E-state index contributed by atoms with van der Waals surface area (Å²) in [4.78, 5) is 23.4. The number of anilines is 1. The topological polar surface area (TPSA) is 115 Å². The van der Waals surface area contributed by atoms with Crippen LogP contribution in [0.5, 0.6) is 0 Å². The van der Waals surface area contributed by atoms with Gasteiger partial charge >= 0.3 is 0 Å². The molecular weight excluding hydrogens is 220 g/mol. The molecule has 0 aliphatic rings. The predicted octanol–water partition coefficient (Wildman–Crippen LogP) is -0.715. The van der Waals surface area contributed by atoms with Crippen LogP contribution in [0.4, 0.5) is 5.69 Å². The zero-order chi connectivity index (χ0) is 13.0. The third-order valence-corrected chi connectivity index (χ3v) is 2.30. The molecule has 17 heavy (non-hydrogen) atoms. The molecule has 0 saturated heterocycles. The maximum absolute atomic E-state index is 10.9. The van der Waals surface area contributed by atoms with Crippen molar-refractivity contribution in [3.8, 4) is 0 Å². The highest BCUT2D eigenvalue weighted by molar-refractivity contribution is 5.93. The van der Waals surface area contributed by atoms with Gasteiger partial charge in [-0.2, -0.15) is 0 Å². The van der Waals surface area contributed by atoms with E-state index in [1.165, 1.54) is 6.07 Å². The second-order valence-electron chi connectivity index (χ2n) is 3.92. The Morgan fingerprint density at radius 1 is 1.29 bits per heavy atom. The second-order valence-corrected chi connectivity index (χ2v) is 3.92. The monoisotopic (exact) mass is 236 g/mol. The first-order chi connectivity index (χ1) is 7.90.